The molecule has 3 aliphatic rings. The fourth-order valence-corrected chi connectivity index (χ4v) is 3.68. The van der Waals surface area contributed by atoms with Crippen LogP contribution in [0.4, 0.5) is 4.79 Å². The maximum absolute atomic E-state index is 12.5. The molecular weight excluding hydrogens is 360 g/mol. The van der Waals surface area contributed by atoms with Gasteiger partial charge in [0.1, 0.15) is 6.54 Å². The predicted octanol–water partition coefficient (Wildman–Crippen LogP) is 1.31. The van der Waals surface area contributed by atoms with E-state index in [1.54, 1.807) is 29.2 Å². The summed E-state index contributed by atoms with van der Waals surface area (Å²) in [4.78, 5) is 39.9. The molecule has 0 aromatic heterocycles. The molecule has 0 unspecified atom stereocenters. The van der Waals surface area contributed by atoms with Crippen LogP contribution in [0.3, 0.4) is 0 Å². The van der Waals surface area contributed by atoms with Crippen molar-refractivity contribution in [1.82, 2.24) is 9.80 Å². The van der Waals surface area contributed by atoms with E-state index in [9.17, 15) is 14.4 Å². The van der Waals surface area contributed by atoms with Crippen LogP contribution in [-0.4, -0.2) is 66.5 Å². The zero-order chi connectivity index (χ0) is 18.1. The molecule has 0 N–H and O–H groups in total. The average Bonchev–Trinajstić information content (AvgIpc) is 3.22. The Morgan fingerprint density at radius 2 is 1.92 bits per heavy atom. The molecular formula is C17H16N2O6S. The second kappa shape index (κ2) is 7.00. The number of fused-ring (bicyclic) bond motifs is 1. The third-order valence-electron chi connectivity index (χ3n) is 4.23. The van der Waals surface area contributed by atoms with E-state index in [-0.39, 0.29) is 24.2 Å². The summed E-state index contributed by atoms with van der Waals surface area (Å²) in [5.41, 5.74) is 0.722. The molecule has 9 heteroatoms. The number of morpholine rings is 1. The van der Waals surface area contributed by atoms with Crippen LogP contribution in [0.2, 0.25) is 0 Å². The molecule has 3 heterocycles. The highest BCUT2D eigenvalue weighted by Gasteiger charge is 2.37. The topological polar surface area (TPSA) is 85.4 Å². The fraction of sp³-hybridized carbons (Fsp3) is 0.353. The van der Waals surface area contributed by atoms with E-state index in [4.69, 9.17) is 14.2 Å². The lowest BCUT2D eigenvalue weighted by Gasteiger charge is -2.28. The monoisotopic (exact) mass is 376 g/mol. The number of thioether (sulfide) groups is 1. The molecule has 8 nitrogen and oxygen atoms in total. The summed E-state index contributed by atoms with van der Waals surface area (Å²) < 4.78 is 15.8. The number of imide groups is 1. The molecule has 4 rings (SSSR count). The number of rotatable bonds is 3. The van der Waals surface area contributed by atoms with Gasteiger partial charge in [0.15, 0.2) is 11.5 Å². The Hall–Kier alpha value is -2.52. The van der Waals surface area contributed by atoms with Crippen molar-refractivity contribution >= 4 is 34.9 Å². The van der Waals surface area contributed by atoms with Gasteiger partial charge in [0.25, 0.3) is 11.1 Å². The van der Waals surface area contributed by atoms with E-state index >= 15 is 0 Å². The minimum absolute atomic E-state index is 0.166. The molecule has 0 atom stereocenters. The Morgan fingerprint density at radius 1 is 1.15 bits per heavy atom. The Kier molecular flexibility index (Phi) is 4.56. The van der Waals surface area contributed by atoms with Gasteiger partial charge in [0, 0.05) is 13.1 Å². The molecule has 136 valence electrons. The summed E-state index contributed by atoms with van der Waals surface area (Å²) in [5, 5.41) is -0.441. The van der Waals surface area contributed by atoms with Crippen molar-refractivity contribution in [2.45, 2.75) is 0 Å². The van der Waals surface area contributed by atoms with Gasteiger partial charge in [-0.25, -0.2) is 0 Å². The van der Waals surface area contributed by atoms with Crippen molar-refractivity contribution < 1.29 is 28.6 Å². The van der Waals surface area contributed by atoms with Gasteiger partial charge >= 0.3 is 0 Å². The molecule has 2 fully saturated rings. The van der Waals surface area contributed by atoms with Crippen molar-refractivity contribution in [3.05, 3.63) is 28.7 Å². The van der Waals surface area contributed by atoms with Gasteiger partial charge in [0.05, 0.1) is 18.1 Å². The number of carbonyl (C=O) groups is 3. The normalized spacial score (nSPS) is 21.0. The number of hydrogen-bond donors (Lipinski definition) is 0. The summed E-state index contributed by atoms with van der Waals surface area (Å²) in [6.45, 7) is 1.81. The van der Waals surface area contributed by atoms with E-state index in [2.05, 4.69) is 0 Å². The van der Waals surface area contributed by atoms with Crippen molar-refractivity contribution in [3.63, 3.8) is 0 Å². The smallest absolute Gasteiger partial charge is 0.294 e. The lowest BCUT2D eigenvalue weighted by atomic mass is 10.2. The second-order valence-corrected chi connectivity index (χ2v) is 6.87. The van der Waals surface area contributed by atoms with Gasteiger partial charge in [-0.2, -0.15) is 0 Å². The fourth-order valence-electron chi connectivity index (χ4n) is 2.84. The standard InChI is InChI=1S/C17H16N2O6S/c20-15(18-3-5-23-6-4-18)9-19-16(21)14(26-17(19)22)8-11-1-2-12-13(7-11)25-10-24-12/h1-2,7-8H,3-6,9-10H2/b14-8-. The number of hydrogen-bond acceptors (Lipinski definition) is 7. The highest BCUT2D eigenvalue weighted by Crippen LogP contribution is 2.36. The SMILES string of the molecule is O=C(CN1C(=O)S/C(=C\c2ccc3c(c2)OCO3)C1=O)N1CCOCC1. The van der Waals surface area contributed by atoms with Gasteiger partial charge in [0.2, 0.25) is 12.7 Å². The largest absolute Gasteiger partial charge is 0.454 e. The molecule has 0 bridgehead atoms. The highest BCUT2D eigenvalue weighted by atomic mass is 32.2. The summed E-state index contributed by atoms with van der Waals surface area (Å²) in [6.07, 6.45) is 1.62. The number of nitrogens with zero attached hydrogens (tertiary/aromatic N) is 2. The van der Waals surface area contributed by atoms with Crippen molar-refractivity contribution in [1.29, 1.82) is 0 Å². The first-order chi connectivity index (χ1) is 12.6. The molecule has 1 aromatic rings. The maximum atomic E-state index is 12.5. The number of benzene rings is 1. The Balaban J connectivity index is 1.47. The number of ether oxygens (including phenoxy) is 3. The van der Waals surface area contributed by atoms with Crippen LogP contribution < -0.4 is 9.47 Å². The van der Waals surface area contributed by atoms with Gasteiger partial charge < -0.3 is 19.1 Å². The van der Waals surface area contributed by atoms with Gasteiger partial charge in [-0.1, -0.05) is 6.07 Å². The van der Waals surface area contributed by atoms with Gasteiger partial charge in [-0.15, -0.1) is 0 Å². The van der Waals surface area contributed by atoms with Crippen LogP contribution in [0.5, 0.6) is 11.5 Å². The quantitative estimate of drug-likeness (QED) is 0.735. The zero-order valence-corrected chi connectivity index (χ0v) is 14.6. The molecule has 3 amide bonds. The third kappa shape index (κ3) is 3.27. The van der Waals surface area contributed by atoms with E-state index < -0.39 is 11.1 Å². The van der Waals surface area contributed by atoms with Gasteiger partial charge in [-0.05, 0) is 35.5 Å². The molecule has 0 aliphatic carbocycles. The van der Waals surface area contributed by atoms with E-state index in [1.807, 2.05) is 0 Å². The molecule has 0 saturated carbocycles. The van der Waals surface area contributed by atoms with Crippen LogP contribution in [0.25, 0.3) is 6.08 Å². The van der Waals surface area contributed by atoms with Crippen molar-refractivity contribution in [3.8, 4) is 11.5 Å². The van der Waals surface area contributed by atoms with Crippen LogP contribution >= 0.6 is 11.8 Å². The molecule has 0 spiro atoms. The van der Waals surface area contributed by atoms with Gasteiger partial charge in [-0.3, -0.25) is 19.3 Å². The zero-order valence-electron chi connectivity index (χ0n) is 13.8. The minimum atomic E-state index is -0.459. The summed E-state index contributed by atoms with van der Waals surface area (Å²) in [6, 6.07) is 5.27. The first-order valence-corrected chi connectivity index (χ1v) is 8.94. The summed E-state index contributed by atoms with van der Waals surface area (Å²) >= 11 is 0.830. The average molecular weight is 376 g/mol. The first-order valence-electron chi connectivity index (χ1n) is 8.12. The number of carbonyl (C=O) groups excluding carboxylic acids is 3. The highest BCUT2D eigenvalue weighted by molar-refractivity contribution is 8.18. The Morgan fingerprint density at radius 3 is 2.73 bits per heavy atom. The summed E-state index contributed by atoms with van der Waals surface area (Å²) in [7, 11) is 0. The molecule has 2 saturated heterocycles. The first kappa shape index (κ1) is 16.9. The maximum Gasteiger partial charge on any atom is 0.294 e. The minimum Gasteiger partial charge on any atom is -0.454 e. The van der Waals surface area contributed by atoms with Crippen LogP contribution in [-0.2, 0) is 14.3 Å². The van der Waals surface area contributed by atoms with Crippen molar-refractivity contribution in [2.24, 2.45) is 0 Å². The van der Waals surface area contributed by atoms with E-state index in [1.165, 1.54) is 0 Å². The van der Waals surface area contributed by atoms with Crippen LogP contribution in [0.1, 0.15) is 5.56 Å². The van der Waals surface area contributed by atoms with Crippen molar-refractivity contribution in [2.75, 3.05) is 39.6 Å². The summed E-state index contributed by atoms with van der Waals surface area (Å²) in [5.74, 6) is 0.533. The molecule has 3 aliphatic heterocycles. The van der Waals surface area contributed by atoms with E-state index in [0.717, 1.165) is 22.2 Å². The molecule has 1 aromatic carbocycles. The Labute approximate surface area is 153 Å². The van der Waals surface area contributed by atoms with Crippen LogP contribution in [0, 0.1) is 0 Å². The lowest BCUT2D eigenvalue weighted by Crippen LogP contribution is -2.46. The van der Waals surface area contributed by atoms with E-state index in [0.29, 0.717) is 37.8 Å². The molecule has 26 heavy (non-hydrogen) atoms. The Bertz CT molecular complexity index is 802. The van der Waals surface area contributed by atoms with Crippen LogP contribution in [0.15, 0.2) is 23.1 Å². The molecule has 0 radical (unpaired) electrons. The lowest BCUT2D eigenvalue weighted by molar-refractivity contribution is -0.139. The predicted molar refractivity (Wildman–Crippen MR) is 92.6 cm³/mol. The number of amides is 3. The second-order valence-electron chi connectivity index (χ2n) is 5.87. The third-order valence-corrected chi connectivity index (χ3v) is 5.13.